The SMILES string of the molecule is C[C@H](C(=O)Nc1cccc(F)c1)N1CCCN(S(N)(=O)=O)CC1. The van der Waals surface area contributed by atoms with Gasteiger partial charge in [0.2, 0.25) is 5.91 Å². The van der Waals surface area contributed by atoms with Gasteiger partial charge in [-0.3, -0.25) is 9.69 Å². The summed E-state index contributed by atoms with van der Waals surface area (Å²) in [6.45, 7) is 3.32. The van der Waals surface area contributed by atoms with E-state index in [0.29, 0.717) is 31.7 Å². The molecular weight excluding hydrogens is 323 g/mol. The maximum atomic E-state index is 13.1. The van der Waals surface area contributed by atoms with Crippen molar-refractivity contribution in [3.05, 3.63) is 30.1 Å². The van der Waals surface area contributed by atoms with Crippen molar-refractivity contribution in [3.63, 3.8) is 0 Å². The normalized spacial score (nSPS) is 19.1. The van der Waals surface area contributed by atoms with Crippen LogP contribution in [0, 0.1) is 5.82 Å². The van der Waals surface area contributed by atoms with Crippen LogP contribution in [0.5, 0.6) is 0 Å². The fraction of sp³-hybridized carbons (Fsp3) is 0.500. The molecule has 0 saturated carbocycles. The fourth-order valence-electron chi connectivity index (χ4n) is 2.53. The first-order valence-corrected chi connectivity index (χ1v) is 8.86. The number of hydrogen-bond donors (Lipinski definition) is 2. The Morgan fingerprint density at radius 2 is 2.04 bits per heavy atom. The molecule has 0 bridgehead atoms. The number of halogens is 1. The Bertz CT molecular complexity index is 668. The van der Waals surface area contributed by atoms with E-state index < -0.39 is 22.1 Å². The first-order valence-electron chi connectivity index (χ1n) is 7.36. The van der Waals surface area contributed by atoms with E-state index in [-0.39, 0.29) is 12.5 Å². The van der Waals surface area contributed by atoms with E-state index >= 15 is 0 Å². The summed E-state index contributed by atoms with van der Waals surface area (Å²) in [4.78, 5) is 14.2. The average molecular weight is 344 g/mol. The second kappa shape index (κ2) is 7.35. The molecule has 1 amide bonds. The van der Waals surface area contributed by atoms with Gasteiger partial charge in [0, 0.05) is 31.9 Å². The molecule has 1 fully saturated rings. The third-order valence-electron chi connectivity index (χ3n) is 3.87. The number of amides is 1. The van der Waals surface area contributed by atoms with Crippen LogP contribution in [-0.4, -0.2) is 55.8 Å². The van der Waals surface area contributed by atoms with Gasteiger partial charge in [-0.1, -0.05) is 6.07 Å². The van der Waals surface area contributed by atoms with Crippen LogP contribution < -0.4 is 10.5 Å². The molecule has 23 heavy (non-hydrogen) atoms. The van der Waals surface area contributed by atoms with E-state index in [2.05, 4.69) is 5.32 Å². The van der Waals surface area contributed by atoms with E-state index in [1.807, 2.05) is 4.90 Å². The maximum absolute atomic E-state index is 13.1. The molecule has 0 radical (unpaired) electrons. The second-order valence-corrected chi connectivity index (χ2v) is 7.06. The Balaban J connectivity index is 1.97. The van der Waals surface area contributed by atoms with Crippen molar-refractivity contribution in [1.82, 2.24) is 9.21 Å². The molecule has 1 saturated heterocycles. The van der Waals surface area contributed by atoms with Crippen LogP contribution in [0.25, 0.3) is 0 Å². The summed E-state index contributed by atoms with van der Waals surface area (Å²) < 4.78 is 37.1. The van der Waals surface area contributed by atoms with Gasteiger partial charge in [-0.05, 0) is 31.5 Å². The Labute approximate surface area is 135 Å². The minimum Gasteiger partial charge on any atom is -0.325 e. The van der Waals surface area contributed by atoms with E-state index in [0.717, 1.165) is 0 Å². The summed E-state index contributed by atoms with van der Waals surface area (Å²) >= 11 is 0. The summed E-state index contributed by atoms with van der Waals surface area (Å²) in [5, 5.41) is 7.81. The molecule has 1 aromatic carbocycles. The minimum atomic E-state index is -3.71. The number of nitrogens with two attached hydrogens (primary N) is 1. The van der Waals surface area contributed by atoms with Gasteiger partial charge in [-0.25, -0.2) is 9.53 Å². The lowest BCUT2D eigenvalue weighted by atomic mass is 10.2. The Morgan fingerprint density at radius 3 is 2.70 bits per heavy atom. The third kappa shape index (κ3) is 4.96. The van der Waals surface area contributed by atoms with E-state index in [1.165, 1.54) is 22.5 Å². The maximum Gasteiger partial charge on any atom is 0.276 e. The molecule has 3 N–H and O–H groups in total. The first-order chi connectivity index (χ1) is 10.8. The number of carbonyl (C=O) groups excluding carboxylic acids is 1. The largest absolute Gasteiger partial charge is 0.325 e. The van der Waals surface area contributed by atoms with Gasteiger partial charge in [0.25, 0.3) is 10.2 Å². The van der Waals surface area contributed by atoms with Crippen molar-refractivity contribution < 1.29 is 17.6 Å². The lowest BCUT2D eigenvalue weighted by Gasteiger charge is -2.26. The Hall–Kier alpha value is -1.55. The van der Waals surface area contributed by atoms with Gasteiger partial charge in [0.15, 0.2) is 0 Å². The average Bonchev–Trinajstić information content (AvgIpc) is 2.72. The van der Waals surface area contributed by atoms with Crippen molar-refractivity contribution in [2.75, 3.05) is 31.5 Å². The Morgan fingerprint density at radius 1 is 1.30 bits per heavy atom. The Kier molecular flexibility index (Phi) is 5.69. The summed E-state index contributed by atoms with van der Waals surface area (Å²) in [7, 11) is -3.71. The number of carbonyl (C=O) groups is 1. The smallest absolute Gasteiger partial charge is 0.276 e. The molecule has 1 aromatic rings. The lowest BCUT2D eigenvalue weighted by molar-refractivity contribution is -0.120. The lowest BCUT2D eigenvalue weighted by Crippen LogP contribution is -2.45. The molecule has 1 aliphatic rings. The summed E-state index contributed by atoms with van der Waals surface area (Å²) in [5.41, 5.74) is 0.392. The van der Waals surface area contributed by atoms with Gasteiger partial charge < -0.3 is 5.32 Å². The van der Waals surface area contributed by atoms with Crippen LogP contribution in [0.2, 0.25) is 0 Å². The quantitative estimate of drug-likeness (QED) is 0.824. The van der Waals surface area contributed by atoms with Crippen LogP contribution in [0.4, 0.5) is 10.1 Å². The predicted octanol–water partition coefficient (Wildman–Crippen LogP) is 0.364. The number of anilines is 1. The summed E-state index contributed by atoms with van der Waals surface area (Å²) in [5.74, 6) is -0.686. The number of nitrogens with zero attached hydrogens (tertiary/aromatic N) is 2. The molecule has 7 nitrogen and oxygen atoms in total. The minimum absolute atomic E-state index is 0.246. The van der Waals surface area contributed by atoms with Crippen molar-refractivity contribution in [2.24, 2.45) is 5.14 Å². The molecule has 0 aliphatic carbocycles. The van der Waals surface area contributed by atoms with Crippen molar-refractivity contribution in [2.45, 2.75) is 19.4 Å². The van der Waals surface area contributed by atoms with Crippen LogP contribution in [-0.2, 0) is 15.0 Å². The van der Waals surface area contributed by atoms with E-state index in [9.17, 15) is 17.6 Å². The van der Waals surface area contributed by atoms with Crippen LogP contribution in [0.15, 0.2) is 24.3 Å². The molecule has 9 heteroatoms. The molecule has 1 aliphatic heterocycles. The van der Waals surface area contributed by atoms with Gasteiger partial charge >= 0.3 is 0 Å². The molecule has 0 unspecified atom stereocenters. The number of benzene rings is 1. The van der Waals surface area contributed by atoms with Crippen molar-refractivity contribution >= 4 is 21.8 Å². The number of hydrogen-bond acceptors (Lipinski definition) is 4. The second-order valence-electron chi connectivity index (χ2n) is 5.51. The molecule has 1 heterocycles. The van der Waals surface area contributed by atoms with Crippen LogP contribution in [0.1, 0.15) is 13.3 Å². The number of rotatable bonds is 4. The fourth-order valence-corrected chi connectivity index (χ4v) is 3.25. The van der Waals surface area contributed by atoms with Crippen molar-refractivity contribution in [3.8, 4) is 0 Å². The van der Waals surface area contributed by atoms with Gasteiger partial charge in [0.1, 0.15) is 5.82 Å². The van der Waals surface area contributed by atoms with E-state index in [1.54, 1.807) is 13.0 Å². The highest BCUT2D eigenvalue weighted by molar-refractivity contribution is 7.86. The molecular formula is C14H21FN4O3S. The van der Waals surface area contributed by atoms with E-state index in [4.69, 9.17) is 5.14 Å². The van der Waals surface area contributed by atoms with Crippen LogP contribution >= 0.6 is 0 Å². The molecule has 1 atom stereocenters. The zero-order chi connectivity index (χ0) is 17.0. The highest BCUT2D eigenvalue weighted by Gasteiger charge is 2.27. The third-order valence-corrected chi connectivity index (χ3v) is 4.95. The monoisotopic (exact) mass is 344 g/mol. The summed E-state index contributed by atoms with van der Waals surface area (Å²) in [6, 6.07) is 5.22. The topological polar surface area (TPSA) is 95.7 Å². The standard InChI is InChI=1S/C14H21FN4O3S/c1-11(14(20)17-13-5-2-4-12(15)10-13)18-6-3-7-19(9-8-18)23(16,21)22/h2,4-5,10-11H,3,6-9H2,1H3,(H,17,20)(H2,16,21,22)/t11-/m1/s1. The van der Waals surface area contributed by atoms with Crippen LogP contribution in [0.3, 0.4) is 0 Å². The zero-order valence-corrected chi connectivity index (χ0v) is 13.7. The molecule has 2 rings (SSSR count). The molecule has 128 valence electrons. The van der Waals surface area contributed by atoms with Gasteiger partial charge in [-0.15, -0.1) is 0 Å². The highest BCUT2D eigenvalue weighted by Crippen LogP contribution is 2.13. The van der Waals surface area contributed by atoms with Crippen molar-refractivity contribution in [1.29, 1.82) is 0 Å². The molecule has 0 spiro atoms. The predicted molar refractivity (Wildman–Crippen MR) is 85.4 cm³/mol. The van der Waals surface area contributed by atoms with Gasteiger partial charge in [-0.2, -0.15) is 12.7 Å². The first kappa shape index (κ1) is 17.8. The highest BCUT2D eigenvalue weighted by atomic mass is 32.2. The van der Waals surface area contributed by atoms with Gasteiger partial charge in [0.05, 0.1) is 6.04 Å². The zero-order valence-electron chi connectivity index (χ0n) is 12.9. The summed E-state index contributed by atoms with van der Waals surface area (Å²) in [6.07, 6.45) is 0.591. The number of nitrogens with one attached hydrogen (secondary N) is 1. The molecule has 0 aromatic heterocycles.